The Hall–Kier alpha value is -0.470. The minimum atomic E-state index is 0.261. The molecule has 0 aliphatic heterocycles. The number of hydrogen-bond donors (Lipinski definition) is 1. The lowest BCUT2D eigenvalue weighted by Gasteiger charge is -2.10. The van der Waals surface area contributed by atoms with E-state index in [2.05, 4.69) is 38.1 Å². The van der Waals surface area contributed by atoms with Crippen LogP contribution in [0.5, 0.6) is 0 Å². The van der Waals surface area contributed by atoms with Crippen molar-refractivity contribution in [3.8, 4) is 0 Å². The van der Waals surface area contributed by atoms with Crippen molar-refractivity contribution in [3.63, 3.8) is 0 Å². The second-order valence-corrected chi connectivity index (χ2v) is 4.70. The highest BCUT2D eigenvalue weighted by Crippen LogP contribution is 2.25. The van der Waals surface area contributed by atoms with E-state index in [0.29, 0.717) is 5.25 Å². The van der Waals surface area contributed by atoms with Crippen molar-refractivity contribution in [2.75, 3.05) is 6.61 Å². The molecule has 0 aliphatic carbocycles. The molecule has 0 aliphatic rings. The Morgan fingerprint density at radius 1 is 1.21 bits per heavy atom. The van der Waals surface area contributed by atoms with Crippen molar-refractivity contribution in [3.05, 3.63) is 29.8 Å². The van der Waals surface area contributed by atoms with Gasteiger partial charge in [-0.15, -0.1) is 11.8 Å². The molecule has 0 spiro atoms. The molecule has 0 amide bonds. The summed E-state index contributed by atoms with van der Waals surface area (Å²) in [4.78, 5) is 1.25. The Morgan fingerprint density at radius 2 is 1.86 bits per heavy atom. The smallest absolute Gasteiger partial charge is 0.0553 e. The molecule has 1 aromatic carbocycles. The predicted molar refractivity (Wildman–Crippen MR) is 62.8 cm³/mol. The average molecular weight is 210 g/mol. The van der Waals surface area contributed by atoms with Gasteiger partial charge in [-0.2, -0.15) is 0 Å². The van der Waals surface area contributed by atoms with Crippen LogP contribution >= 0.6 is 11.8 Å². The van der Waals surface area contributed by atoms with Gasteiger partial charge in [0.1, 0.15) is 0 Å². The first-order chi connectivity index (χ1) is 6.80. The maximum absolute atomic E-state index is 9.07. The summed E-state index contributed by atoms with van der Waals surface area (Å²) in [5.41, 5.74) is 1.37. The highest BCUT2D eigenvalue weighted by atomic mass is 32.2. The molecule has 1 aromatic rings. The predicted octanol–water partition coefficient (Wildman–Crippen LogP) is 3.11. The number of aliphatic hydroxyl groups excluding tert-OH is 1. The first-order valence-electron chi connectivity index (χ1n) is 5.16. The first-order valence-corrected chi connectivity index (χ1v) is 6.04. The molecule has 1 nitrogen and oxygen atoms in total. The fraction of sp³-hybridized carbons (Fsp3) is 0.500. The van der Waals surface area contributed by atoms with Crippen molar-refractivity contribution < 1.29 is 5.11 Å². The Labute approximate surface area is 90.5 Å². The molecule has 0 bridgehead atoms. The van der Waals surface area contributed by atoms with Crippen molar-refractivity contribution in [2.24, 2.45) is 0 Å². The molecule has 0 aromatic heterocycles. The maximum atomic E-state index is 9.07. The van der Waals surface area contributed by atoms with E-state index in [1.807, 2.05) is 0 Å². The SMILES string of the molecule is CCc1ccc(SC(CC)CO)cc1. The lowest BCUT2D eigenvalue weighted by molar-refractivity contribution is 0.292. The van der Waals surface area contributed by atoms with Gasteiger partial charge in [0.2, 0.25) is 0 Å². The van der Waals surface area contributed by atoms with Crippen molar-refractivity contribution in [2.45, 2.75) is 36.8 Å². The van der Waals surface area contributed by atoms with Crippen LogP contribution in [0.2, 0.25) is 0 Å². The highest BCUT2D eigenvalue weighted by Gasteiger charge is 2.05. The lowest BCUT2D eigenvalue weighted by atomic mass is 10.2. The van der Waals surface area contributed by atoms with E-state index in [0.717, 1.165) is 12.8 Å². The van der Waals surface area contributed by atoms with Crippen LogP contribution in [0.25, 0.3) is 0 Å². The fourth-order valence-corrected chi connectivity index (χ4v) is 2.17. The van der Waals surface area contributed by atoms with E-state index >= 15 is 0 Å². The van der Waals surface area contributed by atoms with Crippen molar-refractivity contribution >= 4 is 11.8 Å². The number of benzene rings is 1. The van der Waals surface area contributed by atoms with Crippen LogP contribution in [0.1, 0.15) is 25.8 Å². The van der Waals surface area contributed by atoms with Gasteiger partial charge in [-0.3, -0.25) is 0 Å². The molecule has 1 atom stereocenters. The monoisotopic (exact) mass is 210 g/mol. The zero-order valence-electron chi connectivity index (χ0n) is 8.86. The zero-order chi connectivity index (χ0) is 10.4. The van der Waals surface area contributed by atoms with Crippen LogP contribution in [-0.4, -0.2) is 17.0 Å². The number of hydrogen-bond acceptors (Lipinski definition) is 2. The third-order valence-electron chi connectivity index (χ3n) is 2.29. The summed E-state index contributed by atoms with van der Waals surface area (Å²) in [6.07, 6.45) is 2.10. The fourth-order valence-electron chi connectivity index (χ4n) is 1.25. The van der Waals surface area contributed by atoms with Crippen LogP contribution in [0, 0.1) is 0 Å². The summed E-state index contributed by atoms with van der Waals surface area (Å²) < 4.78 is 0. The topological polar surface area (TPSA) is 20.2 Å². The van der Waals surface area contributed by atoms with Crippen molar-refractivity contribution in [1.82, 2.24) is 0 Å². The molecule has 0 saturated heterocycles. The summed E-state index contributed by atoms with van der Waals surface area (Å²) in [7, 11) is 0. The number of aryl methyl sites for hydroxylation is 1. The van der Waals surface area contributed by atoms with E-state index < -0.39 is 0 Å². The van der Waals surface area contributed by atoms with E-state index in [9.17, 15) is 0 Å². The third-order valence-corrected chi connectivity index (χ3v) is 3.65. The van der Waals surface area contributed by atoms with Gasteiger partial charge in [0.05, 0.1) is 6.61 Å². The first kappa shape index (κ1) is 11.6. The minimum Gasteiger partial charge on any atom is -0.395 e. The van der Waals surface area contributed by atoms with Crippen LogP contribution in [0.4, 0.5) is 0 Å². The van der Waals surface area contributed by atoms with Crippen molar-refractivity contribution in [1.29, 1.82) is 0 Å². The van der Waals surface area contributed by atoms with Gasteiger partial charge in [0, 0.05) is 10.1 Å². The standard InChI is InChI=1S/C12H18OS/c1-3-10-5-7-12(8-6-10)14-11(4-2)9-13/h5-8,11,13H,3-4,9H2,1-2H3. The summed E-state index contributed by atoms with van der Waals surface area (Å²) in [5.74, 6) is 0. The van der Waals surface area contributed by atoms with Gasteiger partial charge in [0.25, 0.3) is 0 Å². The summed E-state index contributed by atoms with van der Waals surface area (Å²) in [6.45, 7) is 4.52. The second-order valence-electron chi connectivity index (χ2n) is 3.33. The molecule has 0 radical (unpaired) electrons. The molecule has 0 fully saturated rings. The molecular weight excluding hydrogens is 192 g/mol. The summed E-state index contributed by atoms with van der Waals surface area (Å²) in [6, 6.07) is 8.60. The van der Waals surface area contributed by atoms with Crippen LogP contribution in [0.3, 0.4) is 0 Å². The van der Waals surface area contributed by atoms with E-state index in [4.69, 9.17) is 5.11 Å². The zero-order valence-corrected chi connectivity index (χ0v) is 9.68. The lowest BCUT2D eigenvalue weighted by Crippen LogP contribution is -2.05. The third kappa shape index (κ3) is 3.35. The Balaban J connectivity index is 2.58. The average Bonchev–Trinajstić information content (AvgIpc) is 2.26. The Kier molecular flexibility index (Phi) is 5.05. The van der Waals surface area contributed by atoms with Gasteiger partial charge in [-0.05, 0) is 30.5 Å². The van der Waals surface area contributed by atoms with Gasteiger partial charge < -0.3 is 5.11 Å². The quantitative estimate of drug-likeness (QED) is 0.754. The molecule has 2 heteroatoms. The normalized spacial score (nSPS) is 12.8. The second kappa shape index (κ2) is 6.10. The summed E-state index contributed by atoms with van der Waals surface area (Å²) in [5, 5.41) is 9.40. The molecule has 14 heavy (non-hydrogen) atoms. The van der Waals surface area contributed by atoms with Gasteiger partial charge >= 0.3 is 0 Å². The molecule has 1 rings (SSSR count). The van der Waals surface area contributed by atoms with Gasteiger partial charge in [0.15, 0.2) is 0 Å². The summed E-state index contributed by atoms with van der Waals surface area (Å²) >= 11 is 1.76. The molecule has 1 unspecified atom stereocenters. The van der Waals surface area contributed by atoms with E-state index in [1.54, 1.807) is 11.8 Å². The van der Waals surface area contributed by atoms with Gasteiger partial charge in [-0.1, -0.05) is 26.0 Å². The maximum Gasteiger partial charge on any atom is 0.0553 e. The van der Waals surface area contributed by atoms with E-state index in [1.165, 1.54) is 10.5 Å². The number of aliphatic hydroxyl groups is 1. The Morgan fingerprint density at radius 3 is 2.29 bits per heavy atom. The number of rotatable bonds is 5. The van der Waals surface area contributed by atoms with Crippen LogP contribution < -0.4 is 0 Å². The van der Waals surface area contributed by atoms with Gasteiger partial charge in [-0.25, -0.2) is 0 Å². The molecule has 78 valence electrons. The number of thioether (sulfide) groups is 1. The van der Waals surface area contributed by atoms with Crippen LogP contribution in [0.15, 0.2) is 29.2 Å². The Bertz CT molecular complexity index is 252. The molecule has 1 N–H and O–H groups in total. The molecule has 0 saturated carbocycles. The molecule has 0 heterocycles. The van der Waals surface area contributed by atoms with Crippen LogP contribution in [-0.2, 0) is 6.42 Å². The highest BCUT2D eigenvalue weighted by molar-refractivity contribution is 8.00. The van der Waals surface area contributed by atoms with E-state index in [-0.39, 0.29) is 6.61 Å². The molecular formula is C12H18OS. The largest absolute Gasteiger partial charge is 0.395 e. The minimum absolute atomic E-state index is 0.261.